The summed E-state index contributed by atoms with van der Waals surface area (Å²) < 4.78 is 14.0. The Morgan fingerprint density at radius 1 is 1.30 bits per heavy atom. The van der Waals surface area contributed by atoms with Crippen LogP contribution in [0.1, 0.15) is 17.0 Å². The number of benzene rings is 2. The fourth-order valence-corrected chi connectivity index (χ4v) is 2.95. The fourth-order valence-electron chi connectivity index (χ4n) is 2.56. The van der Waals surface area contributed by atoms with Crippen LogP contribution in [0.4, 0.5) is 10.1 Å². The Bertz CT molecular complexity index is 671. The van der Waals surface area contributed by atoms with E-state index >= 15 is 0 Å². The van der Waals surface area contributed by atoms with Crippen molar-refractivity contribution >= 4 is 27.4 Å². The number of ketones is 1. The van der Waals surface area contributed by atoms with Gasteiger partial charge in [0.1, 0.15) is 11.6 Å². The SMILES string of the molecule is O=C(Cc1cc(F)ccc1Br)C1CNc2ccccc21. The maximum absolute atomic E-state index is 13.3. The summed E-state index contributed by atoms with van der Waals surface area (Å²) in [7, 11) is 0. The van der Waals surface area contributed by atoms with Gasteiger partial charge in [-0.05, 0) is 35.4 Å². The average Bonchev–Trinajstić information content (AvgIpc) is 2.87. The van der Waals surface area contributed by atoms with Gasteiger partial charge in [0, 0.05) is 23.1 Å². The molecule has 102 valence electrons. The quantitative estimate of drug-likeness (QED) is 0.922. The van der Waals surface area contributed by atoms with E-state index < -0.39 is 0 Å². The summed E-state index contributed by atoms with van der Waals surface area (Å²) in [5.41, 5.74) is 2.74. The minimum absolute atomic E-state index is 0.105. The Morgan fingerprint density at radius 2 is 2.10 bits per heavy atom. The molecule has 0 spiro atoms. The summed E-state index contributed by atoms with van der Waals surface area (Å²) in [6.07, 6.45) is 0.235. The van der Waals surface area contributed by atoms with E-state index in [4.69, 9.17) is 0 Å². The number of hydrogen-bond donors (Lipinski definition) is 1. The van der Waals surface area contributed by atoms with Crippen molar-refractivity contribution in [1.29, 1.82) is 0 Å². The van der Waals surface area contributed by atoms with E-state index in [-0.39, 0.29) is 23.9 Å². The lowest BCUT2D eigenvalue weighted by Crippen LogP contribution is -2.17. The smallest absolute Gasteiger partial charge is 0.146 e. The van der Waals surface area contributed by atoms with Crippen LogP contribution in [-0.4, -0.2) is 12.3 Å². The van der Waals surface area contributed by atoms with E-state index in [2.05, 4.69) is 21.2 Å². The second-order valence-electron chi connectivity index (χ2n) is 4.90. The first-order valence-corrected chi connectivity index (χ1v) is 7.24. The van der Waals surface area contributed by atoms with Gasteiger partial charge in [0.25, 0.3) is 0 Å². The van der Waals surface area contributed by atoms with Crippen LogP contribution in [0.3, 0.4) is 0 Å². The van der Waals surface area contributed by atoms with Gasteiger partial charge in [-0.15, -0.1) is 0 Å². The Kier molecular flexibility index (Phi) is 3.57. The van der Waals surface area contributed by atoms with Crippen LogP contribution in [0.25, 0.3) is 0 Å². The van der Waals surface area contributed by atoms with E-state index in [1.807, 2.05) is 24.3 Å². The van der Waals surface area contributed by atoms with Crippen molar-refractivity contribution in [3.05, 3.63) is 63.9 Å². The first-order valence-electron chi connectivity index (χ1n) is 6.44. The number of hydrogen-bond acceptors (Lipinski definition) is 2. The maximum atomic E-state index is 13.3. The Balaban J connectivity index is 1.83. The highest BCUT2D eigenvalue weighted by atomic mass is 79.9. The summed E-state index contributed by atoms with van der Waals surface area (Å²) >= 11 is 3.36. The summed E-state index contributed by atoms with van der Waals surface area (Å²) in [4.78, 5) is 12.5. The highest BCUT2D eigenvalue weighted by Gasteiger charge is 2.28. The molecule has 1 aliphatic rings. The highest BCUT2D eigenvalue weighted by Crippen LogP contribution is 2.33. The van der Waals surface area contributed by atoms with Gasteiger partial charge in [0.2, 0.25) is 0 Å². The second kappa shape index (κ2) is 5.37. The average molecular weight is 334 g/mol. The number of carbonyl (C=O) groups is 1. The van der Waals surface area contributed by atoms with E-state index in [1.54, 1.807) is 6.07 Å². The van der Waals surface area contributed by atoms with E-state index in [1.165, 1.54) is 12.1 Å². The van der Waals surface area contributed by atoms with Gasteiger partial charge in [-0.1, -0.05) is 34.1 Å². The lowest BCUT2D eigenvalue weighted by atomic mass is 9.93. The number of fused-ring (bicyclic) bond motifs is 1. The van der Waals surface area contributed by atoms with Gasteiger partial charge in [-0.25, -0.2) is 4.39 Å². The number of para-hydroxylation sites is 1. The summed E-state index contributed by atoms with van der Waals surface area (Å²) in [5.74, 6) is -0.365. The molecule has 0 aliphatic carbocycles. The van der Waals surface area contributed by atoms with E-state index in [0.29, 0.717) is 12.1 Å². The molecule has 0 fully saturated rings. The minimum Gasteiger partial charge on any atom is -0.384 e. The van der Waals surface area contributed by atoms with Crippen molar-refractivity contribution < 1.29 is 9.18 Å². The molecule has 2 aromatic carbocycles. The molecule has 4 heteroatoms. The zero-order valence-electron chi connectivity index (χ0n) is 10.7. The number of Topliss-reactive ketones (excluding diaryl/α,β-unsaturated/α-hetero) is 1. The molecule has 0 aromatic heterocycles. The van der Waals surface area contributed by atoms with Gasteiger partial charge in [0.05, 0.1) is 5.92 Å². The lowest BCUT2D eigenvalue weighted by Gasteiger charge is -2.10. The van der Waals surface area contributed by atoms with Gasteiger partial charge in [-0.2, -0.15) is 0 Å². The van der Waals surface area contributed by atoms with Crippen LogP contribution in [0.2, 0.25) is 0 Å². The van der Waals surface area contributed by atoms with Gasteiger partial charge in [0.15, 0.2) is 0 Å². The normalized spacial score (nSPS) is 16.6. The molecule has 0 radical (unpaired) electrons. The third-order valence-corrected chi connectivity index (χ3v) is 4.37. The standard InChI is InChI=1S/C16H13BrFNO/c17-14-6-5-11(18)7-10(14)8-16(20)13-9-19-15-4-2-1-3-12(13)15/h1-7,13,19H,8-9H2. The minimum atomic E-state index is -0.319. The third kappa shape index (κ3) is 2.48. The number of carbonyl (C=O) groups excluding carboxylic acids is 1. The molecule has 1 aliphatic heterocycles. The predicted octanol–water partition coefficient (Wildman–Crippen LogP) is 3.91. The predicted molar refractivity (Wildman–Crippen MR) is 80.5 cm³/mol. The number of halogens is 2. The fraction of sp³-hybridized carbons (Fsp3) is 0.188. The van der Waals surface area contributed by atoms with Crippen LogP contribution < -0.4 is 5.32 Å². The van der Waals surface area contributed by atoms with Gasteiger partial charge in [-0.3, -0.25) is 4.79 Å². The first-order chi connectivity index (χ1) is 9.65. The Labute approximate surface area is 125 Å². The van der Waals surface area contributed by atoms with Crippen molar-refractivity contribution in [1.82, 2.24) is 0 Å². The monoisotopic (exact) mass is 333 g/mol. The molecule has 2 aromatic rings. The molecule has 1 N–H and O–H groups in total. The number of nitrogens with one attached hydrogen (secondary N) is 1. The van der Waals surface area contributed by atoms with Crippen LogP contribution in [0.15, 0.2) is 46.9 Å². The molecule has 1 unspecified atom stereocenters. The van der Waals surface area contributed by atoms with Crippen LogP contribution in [-0.2, 0) is 11.2 Å². The second-order valence-corrected chi connectivity index (χ2v) is 5.75. The van der Waals surface area contributed by atoms with Crippen molar-refractivity contribution in [2.24, 2.45) is 0 Å². The molecule has 0 saturated carbocycles. The summed E-state index contributed by atoms with van der Waals surface area (Å²) in [5, 5.41) is 3.24. The molecular weight excluding hydrogens is 321 g/mol. The summed E-state index contributed by atoms with van der Waals surface area (Å²) in [6.45, 7) is 0.616. The zero-order chi connectivity index (χ0) is 14.1. The number of anilines is 1. The van der Waals surface area contributed by atoms with Gasteiger partial charge >= 0.3 is 0 Å². The maximum Gasteiger partial charge on any atom is 0.146 e. The molecule has 0 bridgehead atoms. The zero-order valence-corrected chi connectivity index (χ0v) is 12.3. The van der Waals surface area contributed by atoms with Crippen molar-refractivity contribution in [3.63, 3.8) is 0 Å². The van der Waals surface area contributed by atoms with Gasteiger partial charge < -0.3 is 5.32 Å². The molecule has 3 rings (SSSR count). The topological polar surface area (TPSA) is 29.1 Å². The highest BCUT2D eigenvalue weighted by molar-refractivity contribution is 9.10. The first kappa shape index (κ1) is 13.3. The van der Waals surface area contributed by atoms with Crippen LogP contribution in [0, 0.1) is 5.82 Å². The van der Waals surface area contributed by atoms with E-state index in [9.17, 15) is 9.18 Å². The third-order valence-electron chi connectivity index (χ3n) is 3.59. The van der Waals surface area contributed by atoms with Crippen molar-refractivity contribution in [2.45, 2.75) is 12.3 Å². The molecule has 20 heavy (non-hydrogen) atoms. The Hall–Kier alpha value is -1.68. The molecule has 0 saturated heterocycles. The lowest BCUT2D eigenvalue weighted by molar-refractivity contribution is -0.119. The molecule has 1 heterocycles. The molecule has 0 amide bonds. The van der Waals surface area contributed by atoms with Crippen molar-refractivity contribution in [2.75, 3.05) is 11.9 Å². The van der Waals surface area contributed by atoms with Crippen LogP contribution in [0.5, 0.6) is 0 Å². The molecule has 2 nitrogen and oxygen atoms in total. The van der Waals surface area contributed by atoms with Crippen LogP contribution >= 0.6 is 15.9 Å². The van der Waals surface area contributed by atoms with Crippen molar-refractivity contribution in [3.8, 4) is 0 Å². The summed E-state index contributed by atoms with van der Waals surface area (Å²) in [6, 6.07) is 12.3. The molecule has 1 atom stereocenters. The number of rotatable bonds is 3. The largest absolute Gasteiger partial charge is 0.384 e. The van der Waals surface area contributed by atoms with E-state index in [0.717, 1.165) is 15.7 Å². The molecular formula is C16H13BrFNO. The Morgan fingerprint density at radius 3 is 2.95 bits per heavy atom.